The maximum Gasteiger partial charge on any atom is 0.241 e. The zero-order valence-electron chi connectivity index (χ0n) is 8.24. The van der Waals surface area contributed by atoms with Crippen LogP contribution in [0, 0.1) is 3.57 Å². The molecule has 0 saturated carbocycles. The van der Waals surface area contributed by atoms with E-state index in [-0.39, 0.29) is 5.91 Å². The monoisotopic (exact) mass is 316 g/mol. The van der Waals surface area contributed by atoms with Gasteiger partial charge in [0, 0.05) is 3.57 Å². The molecular formula is C11H13IN2O. The second-order valence-corrected chi connectivity index (χ2v) is 4.26. The molecule has 0 spiro atoms. The lowest BCUT2D eigenvalue weighted by atomic mass is 10.2. The van der Waals surface area contributed by atoms with Crippen molar-refractivity contribution in [2.75, 3.05) is 5.32 Å². The molecule has 1 atom stereocenters. The van der Waals surface area contributed by atoms with Gasteiger partial charge in [-0.1, -0.05) is 18.2 Å². The van der Waals surface area contributed by atoms with Gasteiger partial charge in [-0.05, 0) is 41.1 Å². The predicted molar refractivity (Wildman–Crippen MR) is 70.6 cm³/mol. The third-order valence-corrected chi connectivity index (χ3v) is 2.83. The van der Waals surface area contributed by atoms with Gasteiger partial charge in [0.15, 0.2) is 0 Å². The topological polar surface area (TPSA) is 55.1 Å². The highest BCUT2D eigenvalue weighted by Gasteiger charge is 2.12. The van der Waals surface area contributed by atoms with E-state index in [1.807, 2.05) is 24.3 Å². The van der Waals surface area contributed by atoms with Gasteiger partial charge in [0.05, 0.1) is 11.7 Å². The van der Waals surface area contributed by atoms with Crippen LogP contribution in [0.15, 0.2) is 36.9 Å². The largest absolute Gasteiger partial charge is 0.324 e. The van der Waals surface area contributed by atoms with Crippen LogP contribution in [0.25, 0.3) is 0 Å². The lowest BCUT2D eigenvalue weighted by Gasteiger charge is -2.11. The lowest BCUT2D eigenvalue weighted by Crippen LogP contribution is -2.35. The van der Waals surface area contributed by atoms with Gasteiger partial charge >= 0.3 is 0 Å². The molecule has 0 bridgehead atoms. The van der Waals surface area contributed by atoms with Gasteiger partial charge in [-0.3, -0.25) is 4.79 Å². The summed E-state index contributed by atoms with van der Waals surface area (Å²) in [6.45, 7) is 3.55. The number of halogens is 1. The van der Waals surface area contributed by atoms with Crippen molar-refractivity contribution in [3.8, 4) is 0 Å². The number of anilines is 1. The molecule has 4 heteroatoms. The fourth-order valence-electron chi connectivity index (χ4n) is 1.07. The quantitative estimate of drug-likeness (QED) is 0.660. The lowest BCUT2D eigenvalue weighted by molar-refractivity contribution is -0.117. The summed E-state index contributed by atoms with van der Waals surface area (Å²) in [5, 5.41) is 2.78. The van der Waals surface area contributed by atoms with Crippen LogP contribution in [-0.4, -0.2) is 11.9 Å². The Hall–Kier alpha value is -0.880. The highest BCUT2D eigenvalue weighted by Crippen LogP contribution is 2.17. The van der Waals surface area contributed by atoms with Crippen molar-refractivity contribution < 1.29 is 4.79 Å². The molecule has 1 unspecified atom stereocenters. The minimum absolute atomic E-state index is 0.181. The van der Waals surface area contributed by atoms with Gasteiger partial charge in [-0.25, -0.2) is 0 Å². The molecule has 0 heterocycles. The number of hydrogen-bond acceptors (Lipinski definition) is 2. The number of para-hydroxylation sites is 1. The minimum atomic E-state index is -0.529. The van der Waals surface area contributed by atoms with Crippen molar-refractivity contribution in [2.45, 2.75) is 12.5 Å². The molecule has 0 aromatic heterocycles. The number of nitrogens with one attached hydrogen (secondary N) is 1. The van der Waals surface area contributed by atoms with Crippen molar-refractivity contribution in [1.29, 1.82) is 0 Å². The molecule has 1 aromatic carbocycles. The molecule has 3 N–H and O–H groups in total. The first kappa shape index (κ1) is 12.2. The Morgan fingerprint density at radius 3 is 2.87 bits per heavy atom. The van der Waals surface area contributed by atoms with E-state index < -0.39 is 6.04 Å². The zero-order chi connectivity index (χ0) is 11.3. The Bertz CT molecular complexity index is 365. The minimum Gasteiger partial charge on any atom is -0.324 e. The van der Waals surface area contributed by atoms with Crippen LogP contribution in [0.3, 0.4) is 0 Å². The average Bonchev–Trinajstić information content (AvgIpc) is 2.21. The Kier molecular flexibility index (Phi) is 4.77. The molecule has 0 aliphatic carbocycles. The van der Waals surface area contributed by atoms with Gasteiger partial charge in [0.1, 0.15) is 0 Å². The SMILES string of the molecule is C=CCC(N)C(=O)Nc1ccccc1I. The Morgan fingerprint density at radius 2 is 2.27 bits per heavy atom. The normalized spacial score (nSPS) is 11.9. The van der Waals surface area contributed by atoms with E-state index in [2.05, 4.69) is 34.5 Å². The van der Waals surface area contributed by atoms with Crippen molar-refractivity contribution in [2.24, 2.45) is 5.73 Å². The summed E-state index contributed by atoms with van der Waals surface area (Å²) in [7, 11) is 0. The van der Waals surface area contributed by atoms with Gasteiger partial charge in [-0.2, -0.15) is 0 Å². The molecule has 0 saturated heterocycles. The predicted octanol–water partition coefficient (Wildman–Crippen LogP) is 2.13. The molecule has 0 fully saturated rings. The van der Waals surface area contributed by atoms with E-state index in [0.29, 0.717) is 6.42 Å². The number of rotatable bonds is 4. The van der Waals surface area contributed by atoms with Gasteiger partial charge in [-0.15, -0.1) is 6.58 Å². The van der Waals surface area contributed by atoms with E-state index in [9.17, 15) is 4.79 Å². The third kappa shape index (κ3) is 3.64. The van der Waals surface area contributed by atoms with Crippen LogP contribution in [0.2, 0.25) is 0 Å². The summed E-state index contributed by atoms with van der Waals surface area (Å²) in [4.78, 5) is 11.6. The Morgan fingerprint density at radius 1 is 1.60 bits per heavy atom. The van der Waals surface area contributed by atoms with Crippen molar-refractivity contribution in [3.05, 3.63) is 40.5 Å². The summed E-state index contributed by atoms with van der Waals surface area (Å²) >= 11 is 2.16. The standard InChI is InChI=1S/C11H13IN2O/c1-2-5-9(13)11(15)14-10-7-4-3-6-8(10)12/h2-4,6-7,9H,1,5,13H2,(H,14,15). The number of carbonyl (C=O) groups excluding carboxylic acids is 1. The van der Waals surface area contributed by atoms with Crippen molar-refractivity contribution in [1.82, 2.24) is 0 Å². The average molecular weight is 316 g/mol. The number of amides is 1. The molecule has 0 radical (unpaired) electrons. The van der Waals surface area contributed by atoms with Crippen LogP contribution in [0.5, 0.6) is 0 Å². The summed E-state index contributed by atoms with van der Waals surface area (Å²) in [5.74, 6) is -0.181. The van der Waals surface area contributed by atoms with E-state index in [1.54, 1.807) is 6.08 Å². The second-order valence-electron chi connectivity index (χ2n) is 3.10. The van der Waals surface area contributed by atoms with E-state index in [0.717, 1.165) is 9.26 Å². The van der Waals surface area contributed by atoms with Crippen LogP contribution < -0.4 is 11.1 Å². The molecular weight excluding hydrogens is 303 g/mol. The van der Waals surface area contributed by atoms with E-state index in [1.165, 1.54) is 0 Å². The fraction of sp³-hybridized carbons (Fsp3) is 0.182. The highest BCUT2D eigenvalue weighted by molar-refractivity contribution is 14.1. The number of nitrogens with two attached hydrogens (primary N) is 1. The maximum atomic E-state index is 11.6. The first-order valence-corrected chi connectivity index (χ1v) is 5.65. The molecule has 0 aliphatic rings. The summed E-state index contributed by atoms with van der Waals surface area (Å²) < 4.78 is 0.995. The number of carbonyl (C=O) groups is 1. The number of hydrogen-bond donors (Lipinski definition) is 2. The summed E-state index contributed by atoms with van der Waals surface area (Å²) in [6, 6.07) is 7.03. The second kappa shape index (κ2) is 5.87. The number of benzene rings is 1. The highest BCUT2D eigenvalue weighted by atomic mass is 127. The van der Waals surface area contributed by atoms with E-state index in [4.69, 9.17) is 5.73 Å². The fourth-order valence-corrected chi connectivity index (χ4v) is 1.60. The van der Waals surface area contributed by atoms with Crippen molar-refractivity contribution in [3.63, 3.8) is 0 Å². The Labute approximate surface area is 103 Å². The van der Waals surface area contributed by atoms with Gasteiger partial charge < -0.3 is 11.1 Å². The first-order chi connectivity index (χ1) is 7.15. The first-order valence-electron chi connectivity index (χ1n) is 4.57. The molecule has 1 aromatic rings. The Balaban J connectivity index is 2.66. The molecule has 1 amide bonds. The van der Waals surface area contributed by atoms with Crippen molar-refractivity contribution >= 4 is 34.2 Å². The van der Waals surface area contributed by atoms with Crippen LogP contribution >= 0.6 is 22.6 Å². The maximum absolute atomic E-state index is 11.6. The summed E-state index contributed by atoms with van der Waals surface area (Å²) in [5.41, 5.74) is 6.43. The van der Waals surface area contributed by atoms with Crippen LogP contribution in [-0.2, 0) is 4.79 Å². The third-order valence-electron chi connectivity index (χ3n) is 1.89. The molecule has 80 valence electrons. The van der Waals surface area contributed by atoms with E-state index >= 15 is 0 Å². The molecule has 3 nitrogen and oxygen atoms in total. The van der Waals surface area contributed by atoms with Gasteiger partial charge in [0.2, 0.25) is 5.91 Å². The smallest absolute Gasteiger partial charge is 0.241 e. The summed E-state index contributed by atoms with van der Waals surface area (Å²) in [6.07, 6.45) is 2.12. The molecule has 15 heavy (non-hydrogen) atoms. The van der Waals surface area contributed by atoms with Crippen LogP contribution in [0.4, 0.5) is 5.69 Å². The molecule has 1 rings (SSSR count). The van der Waals surface area contributed by atoms with Crippen LogP contribution in [0.1, 0.15) is 6.42 Å². The van der Waals surface area contributed by atoms with Gasteiger partial charge in [0.25, 0.3) is 0 Å². The zero-order valence-corrected chi connectivity index (χ0v) is 10.4. The molecule has 0 aliphatic heterocycles.